The van der Waals surface area contributed by atoms with Crippen LogP contribution in [0.15, 0.2) is 84.3 Å². The van der Waals surface area contributed by atoms with Crippen molar-refractivity contribution in [3.8, 4) is 5.75 Å². The number of phenolic OH excluding ortho intramolecular Hbond substituents is 1. The molecule has 3 aromatic rings. The molecule has 0 aliphatic heterocycles. The van der Waals surface area contributed by atoms with Crippen molar-refractivity contribution in [2.24, 2.45) is 5.73 Å². The van der Waals surface area contributed by atoms with Gasteiger partial charge in [-0.1, -0.05) is 43.0 Å². The van der Waals surface area contributed by atoms with Crippen LogP contribution in [0.5, 0.6) is 5.75 Å². The molecule has 0 radical (unpaired) electrons. The number of phenols is 1. The Morgan fingerprint density at radius 1 is 1.23 bits per heavy atom. The van der Waals surface area contributed by atoms with Gasteiger partial charge in [-0.3, -0.25) is 4.98 Å². The molecule has 3 rings (SSSR count). The second-order valence-electron chi connectivity index (χ2n) is 6.64. The van der Waals surface area contributed by atoms with E-state index in [2.05, 4.69) is 28.4 Å². The van der Waals surface area contributed by atoms with Crippen LogP contribution in [0.2, 0.25) is 0 Å². The maximum atomic E-state index is 11.1. The molecule has 0 amide bonds. The van der Waals surface area contributed by atoms with Gasteiger partial charge in [-0.25, -0.2) is 4.98 Å². The third-order valence-electron chi connectivity index (χ3n) is 4.70. The second-order valence-corrected chi connectivity index (χ2v) is 7.02. The number of aromatic nitrogens is 2. The summed E-state index contributed by atoms with van der Waals surface area (Å²) in [5, 5.41) is 24.9. The number of halogens is 1. The first-order valence-corrected chi connectivity index (χ1v) is 9.70. The topological polar surface area (TPSA) is 104 Å². The van der Waals surface area contributed by atoms with Gasteiger partial charge in [0, 0.05) is 35.6 Å². The summed E-state index contributed by atoms with van der Waals surface area (Å²) in [7, 11) is 0. The maximum Gasteiger partial charge on any atom is 0.147 e. The average Bonchev–Trinajstić information content (AvgIpc) is 2.76. The number of aromatic hydroxyl groups is 1. The number of hydrogen-bond donors (Lipinski definition) is 4. The fraction of sp³-hybridized carbons (Fsp3) is 0.130. The molecule has 0 bridgehead atoms. The van der Waals surface area contributed by atoms with Crippen molar-refractivity contribution >= 4 is 28.3 Å². The van der Waals surface area contributed by atoms with E-state index >= 15 is 0 Å². The monoisotopic (exact) mass is 422 g/mol. The molecule has 5 N–H and O–H groups in total. The lowest BCUT2D eigenvalue weighted by atomic mass is 9.92. The molecule has 1 atom stereocenters. The Morgan fingerprint density at radius 2 is 2.00 bits per heavy atom. The van der Waals surface area contributed by atoms with Crippen LogP contribution in [0.3, 0.4) is 0 Å². The normalized spacial score (nSPS) is 12.9. The first-order chi connectivity index (χ1) is 14.5. The second kappa shape index (κ2) is 9.43. The van der Waals surface area contributed by atoms with Gasteiger partial charge in [0.1, 0.15) is 17.1 Å². The standard InChI is InChI=1S/C23H23ClN4O2/c1-3-16(20(24)14(2)25)21(28-19-8-4-5-10-26-19)18-13-15(9-12-29)17-7-6-11-27-22(17)23(18)30/h3-8,10-11,13,21,29-30H,1-2,9,12,25H2,(H,26,28)/b20-16-. The molecule has 6 nitrogen and oxygen atoms in total. The Kier molecular flexibility index (Phi) is 6.72. The minimum absolute atomic E-state index is 0.00725. The Labute approximate surface area is 180 Å². The minimum atomic E-state index is -0.644. The SMILES string of the molecule is C=C/C(=C(/Cl)C(=C)N)C(Nc1ccccn1)c1cc(CCO)c2cccnc2c1O. The van der Waals surface area contributed by atoms with Crippen molar-refractivity contribution in [2.45, 2.75) is 12.5 Å². The number of anilines is 1. The number of nitrogens with one attached hydrogen (secondary N) is 1. The molecule has 154 valence electrons. The zero-order chi connectivity index (χ0) is 21.7. The average molecular weight is 423 g/mol. The van der Waals surface area contributed by atoms with Crippen molar-refractivity contribution in [3.05, 3.63) is 95.5 Å². The van der Waals surface area contributed by atoms with Gasteiger partial charge in [0.15, 0.2) is 0 Å². The molecule has 0 saturated heterocycles. The highest BCUT2D eigenvalue weighted by Crippen LogP contribution is 2.40. The Morgan fingerprint density at radius 3 is 2.63 bits per heavy atom. The Balaban J connectivity index is 2.29. The molecule has 7 heteroatoms. The highest BCUT2D eigenvalue weighted by molar-refractivity contribution is 6.32. The summed E-state index contributed by atoms with van der Waals surface area (Å²) in [6.07, 6.45) is 5.22. The van der Waals surface area contributed by atoms with E-state index in [1.165, 1.54) is 0 Å². The zero-order valence-corrected chi connectivity index (χ0v) is 17.1. The molecular formula is C23H23ClN4O2. The molecule has 0 aliphatic carbocycles. The van der Waals surface area contributed by atoms with Crippen molar-refractivity contribution < 1.29 is 10.2 Å². The van der Waals surface area contributed by atoms with E-state index in [4.69, 9.17) is 17.3 Å². The van der Waals surface area contributed by atoms with Gasteiger partial charge in [0.2, 0.25) is 0 Å². The smallest absolute Gasteiger partial charge is 0.147 e. The number of rotatable bonds is 8. The Hall–Kier alpha value is -3.35. The van der Waals surface area contributed by atoms with Crippen molar-refractivity contribution in [3.63, 3.8) is 0 Å². The van der Waals surface area contributed by atoms with E-state index in [1.54, 1.807) is 36.7 Å². The number of allylic oxidation sites excluding steroid dienone is 1. The van der Waals surface area contributed by atoms with Crippen molar-refractivity contribution in [2.75, 3.05) is 11.9 Å². The largest absolute Gasteiger partial charge is 0.505 e. The number of fused-ring (bicyclic) bond motifs is 1. The van der Waals surface area contributed by atoms with Gasteiger partial charge < -0.3 is 21.3 Å². The van der Waals surface area contributed by atoms with Crippen molar-refractivity contribution in [1.29, 1.82) is 0 Å². The lowest BCUT2D eigenvalue weighted by molar-refractivity contribution is 0.300. The number of aliphatic hydroxyl groups is 1. The van der Waals surface area contributed by atoms with Crippen LogP contribution in [0.1, 0.15) is 17.2 Å². The number of nitrogens with zero attached hydrogens (tertiary/aromatic N) is 2. The van der Waals surface area contributed by atoms with Crippen LogP contribution >= 0.6 is 11.6 Å². The molecule has 1 unspecified atom stereocenters. The fourth-order valence-corrected chi connectivity index (χ4v) is 3.50. The summed E-state index contributed by atoms with van der Waals surface area (Å²) >= 11 is 6.45. The first kappa shape index (κ1) is 21.4. The number of hydrogen-bond acceptors (Lipinski definition) is 6. The third-order valence-corrected chi connectivity index (χ3v) is 5.16. The first-order valence-electron chi connectivity index (χ1n) is 9.32. The highest BCUT2D eigenvalue weighted by Gasteiger charge is 2.25. The quantitative estimate of drug-likeness (QED) is 0.406. The van der Waals surface area contributed by atoms with E-state index in [-0.39, 0.29) is 23.1 Å². The number of pyridine rings is 2. The number of benzene rings is 1. The fourth-order valence-electron chi connectivity index (χ4n) is 3.31. The van der Waals surface area contributed by atoms with Crippen LogP contribution in [0.4, 0.5) is 5.82 Å². The predicted molar refractivity (Wildman–Crippen MR) is 121 cm³/mol. The molecule has 0 aliphatic rings. The molecule has 30 heavy (non-hydrogen) atoms. The van der Waals surface area contributed by atoms with Crippen LogP contribution in [-0.2, 0) is 6.42 Å². The van der Waals surface area contributed by atoms with Gasteiger partial charge in [-0.15, -0.1) is 0 Å². The van der Waals surface area contributed by atoms with Gasteiger partial charge in [0.05, 0.1) is 11.1 Å². The molecule has 2 aromatic heterocycles. The molecular weight excluding hydrogens is 400 g/mol. The lowest BCUT2D eigenvalue weighted by Crippen LogP contribution is -2.16. The number of aliphatic hydroxyl groups excluding tert-OH is 1. The summed E-state index contributed by atoms with van der Waals surface area (Å²) in [5.74, 6) is 0.561. The summed E-state index contributed by atoms with van der Waals surface area (Å²) in [6, 6.07) is 10.3. The molecule has 0 saturated carbocycles. The molecule has 0 fully saturated rings. The van der Waals surface area contributed by atoms with E-state index in [0.29, 0.717) is 28.9 Å². The summed E-state index contributed by atoms with van der Waals surface area (Å²) in [6.45, 7) is 7.54. The summed E-state index contributed by atoms with van der Waals surface area (Å²) in [4.78, 5) is 8.66. The maximum absolute atomic E-state index is 11.1. The minimum Gasteiger partial charge on any atom is -0.505 e. The third kappa shape index (κ3) is 4.30. The molecule has 1 aromatic carbocycles. The van der Waals surface area contributed by atoms with E-state index in [1.807, 2.05) is 18.2 Å². The summed E-state index contributed by atoms with van der Waals surface area (Å²) < 4.78 is 0. The van der Waals surface area contributed by atoms with E-state index < -0.39 is 6.04 Å². The predicted octanol–water partition coefficient (Wildman–Crippen LogP) is 4.17. The van der Waals surface area contributed by atoms with Crippen LogP contribution in [0, 0.1) is 0 Å². The zero-order valence-electron chi connectivity index (χ0n) is 16.3. The Bertz CT molecular complexity index is 1110. The number of nitrogens with two attached hydrogens (primary N) is 1. The van der Waals surface area contributed by atoms with Crippen LogP contribution in [0.25, 0.3) is 10.9 Å². The molecule has 0 spiro atoms. The van der Waals surface area contributed by atoms with Gasteiger partial charge in [0.25, 0.3) is 0 Å². The van der Waals surface area contributed by atoms with Gasteiger partial charge >= 0.3 is 0 Å². The van der Waals surface area contributed by atoms with Crippen molar-refractivity contribution in [1.82, 2.24) is 9.97 Å². The van der Waals surface area contributed by atoms with E-state index in [9.17, 15) is 10.2 Å². The highest BCUT2D eigenvalue weighted by atomic mass is 35.5. The van der Waals surface area contributed by atoms with E-state index in [0.717, 1.165) is 10.9 Å². The van der Waals surface area contributed by atoms with Gasteiger partial charge in [-0.2, -0.15) is 0 Å². The van der Waals surface area contributed by atoms with Crippen LogP contribution < -0.4 is 11.1 Å². The summed E-state index contributed by atoms with van der Waals surface area (Å²) in [5.41, 5.74) is 8.31. The lowest BCUT2D eigenvalue weighted by Gasteiger charge is -2.25. The van der Waals surface area contributed by atoms with Gasteiger partial charge in [-0.05, 0) is 41.8 Å². The molecule has 2 heterocycles. The van der Waals surface area contributed by atoms with Crippen LogP contribution in [-0.4, -0.2) is 26.8 Å².